The zero-order chi connectivity index (χ0) is 13.5. The van der Waals surface area contributed by atoms with Crippen LogP contribution in [0.1, 0.15) is 51.0 Å². The average molecular weight is 256 g/mol. The minimum absolute atomic E-state index is 0.451. The van der Waals surface area contributed by atoms with Crippen LogP contribution in [0.4, 0.5) is 0 Å². The summed E-state index contributed by atoms with van der Waals surface area (Å²) in [4.78, 5) is 0. The zero-order valence-corrected chi connectivity index (χ0v) is 11.9. The van der Waals surface area contributed by atoms with Gasteiger partial charge in [-0.3, -0.25) is 0 Å². The van der Waals surface area contributed by atoms with Crippen LogP contribution in [0, 0.1) is 0 Å². The third kappa shape index (κ3) is 3.73. The molecule has 1 heteroatoms. The number of fused-ring (bicyclic) bond motifs is 1. The topological polar surface area (TPSA) is 20.2 Å². The van der Waals surface area contributed by atoms with Crippen molar-refractivity contribution >= 4 is 10.8 Å². The highest BCUT2D eigenvalue weighted by Gasteiger charge is 2.06. The normalized spacial score (nSPS) is 11.0. The van der Waals surface area contributed by atoms with Gasteiger partial charge in [0.15, 0.2) is 0 Å². The minimum Gasteiger partial charge on any atom is -0.508 e. The number of phenolic OH excluding ortho intramolecular Hbond substituents is 1. The Balaban J connectivity index is 1.98. The summed E-state index contributed by atoms with van der Waals surface area (Å²) in [5, 5.41) is 12.5. The van der Waals surface area contributed by atoms with Crippen molar-refractivity contribution in [3.8, 4) is 5.75 Å². The molecule has 0 saturated heterocycles. The summed E-state index contributed by atoms with van der Waals surface area (Å²) >= 11 is 0. The largest absolute Gasteiger partial charge is 0.508 e. The quantitative estimate of drug-likeness (QED) is 0.653. The lowest BCUT2D eigenvalue weighted by Gasteiger charge is -2.09. The van der Waals surface area contributed by atoms with E-state index in [4.69, 9.17) is 0 Å². The number of hydrogen-bond donors (Lipinski definition) is 1. The Morgan fingerprint density at radius 2 is 1.58 bits per heavy atom. The lowest BCUT2D eigenvalue weighted by Crippen LogP contribution is -1.89. The van der Waals surface area contributed by atoms with Gasteiger partial charge in [-0.1, -0.05) is 69.4 Å². The molecule has 0 unspecified atom stereocenters. The monoisotopic (exact) mass is 256 g/mol. The van der Waals surface area contributed by atoms with Gasteiger partial charge in [-0.2, -0.15) is 0 Å². The third-order valence-corrected chi connectivity index (χ3v) is 3.80. The maximum atomic E-state index is 10.0. The lowest BCUT2D eigenvalue weighted by atomic mass is 9.98. The molecule has 0 saturated carbocycles. The highest BCUT2D eigenvalue weighted by atomic mass is 16.3. The van der Waals surface area contributed by atoms with Gasteiger partial charge < -0.3 is 5.11 Å². The molecular formula is C18H24O. The van der Waals surface area contributed by atoms with Crippen LogP contribution in [0.15, 0.2) is 36.4 Å². The van der Waals surface area contributed by atoms with Crippen LogP contribution in [0.3, 0.4) is 0 Å². The SMILES string of the molecule is CCCCCCCCc1c(O)ccc2ccccc12. The van der Waals surface area contributed by atoms with E-state index in [1.165, 1.54) is 49.3 Å². The van der Waals surface area contributed by atoms with E-state index < -0.39 is 0 Å². The van der Waals surface area contributed by atoms with Crippen molar-refractivity contribution in [1.82, 2.24) is 0 Å². The summed E-state index contributed by atoms with van der Waals surface area (Å²) in [6, 6.07) is 12.1. The Bertz CT molecular complexity index is 516. The molecule has 0 atom stereocenters. The lowest BCUT2D eigenvalue weighted by molar-refractivity contribution is 0.467. The van der Waals surface area contributed by atoms with E-state index in [1.807, 2.05) is 24.3 Å². The van der Waals surface area contributed by atoms with Crippen LogP contribution in [0.2, 0.25) is 0 Å². The molecule has 1 N–H and O–H groups in total. The van der Waals surface area contributed by atoms with Gasteiger partial charge in [0.1, 0.15) is 5.75 Å². The zero-order valence-electron chi connectivity index (χ0n) is 11.9. The summed E-state index contributed by atoms with van der Waals surface area (Å²) in [5.41, 5.74) is 1.12. The standard InChI is InChI=1S/C18H24O/c1-2-3-4-5-6-7-12-17-16-11-9-8-10-15(16)13-14-18(17)19/h8-11,13-14,19H,2-7,12H2,1H3. The average Bonchev–Trinajstić information content (AvgIpc) is 2.44. The molecule has 1 nitrogen and oxygen atoms in total. The Kier molecular flexibility index (Phi) is 5.26. The van der Waals surface area contributed by atoms with Crippen LogP contribution >= 0.6 is 0 Å². The number of phenols is 1. The molecule has 0 heterocycles. The highest BCUT2D eigenvalue weighted by molar-refractivity contribution is 5.87. The molecule has 0 bridgehead atoms. The van der Waals surface area contributed by atoms with E-state index >= 15 is 0 Å². The van der Waals surface area contributed by atoms with E-state index in [0.717, 1.165) is 12.0 Å². The Labute approximate surface area is 116 Å². The Hall–Kier alpha value is -1.50. The second-order valence-corrected chi connectivity index (χ2v) is 5.30. The molecule has 19 heavy (non-hydrogen) atoms. The second kappa shape index (κ2) is 7.18. The maximum absolute atomic E-state index is 10.0. The summed E-state index contributed by atoms with van der Waals surface area (Å²) in [6.45, 7) is 2.24. The molecule has 2 rings (SSSR count). The van der Waals surface area contributed by atoms with E-state index in [9.17, 15) is 5.11 Å². The van der Waals surface area contributed by atoms with Crippen molar-refractivity contribution in [3.05, 3.63) is 42.0 Å². The van der Waals surface area contributed by atoms with Gasteiger partial charge in [0, 0.05) is 5.56 Å². The number of aromatic hydroxyl groups is 1. The van der Waals surface area contributed by atoms with Crippen LogP contribution in [0.5, 0.6) is 5.75 Å². The van der Waals surface area contributed by atoms with E-state index in [-0.39, 0.29) is 0 Å². The molecule has 0 aliphatic carbocycles. The number of unbranched alkanes of at least 4 members (excludes halogenated alkanes) is 5. The summed E-state index contributed by atoms with van der Waals surface area (Å²) in [5.74, 6) is 0.451. The Morgan fingerprint density at radius 1 is 0.842 bits per heavy atom. The van der Waals surface area contributed by atoms with Crippen LogP contribution in [-0.2, 0) is 6.42 Å². The third-order valence-electron chi connectivity index (χ3n) is 3.80. The Morgan fingerprint density at radius 3 is 2.42 bits per heavy atom. The van der Waals surface area contributed by atoms with Crippen LogP contribution in [0.25, 0.3) is 10.8 Å². The number of rotatable bonds is 7. The molecule has 0 fully saturated rings. The molecule has 0 radical (unpaired) electrons. The molecule has 0 aliphatic rings. The predicted octanol–water partition coefficient (Wildman–Crippen LogP) is 5.45. The summed E-state index contributed by atoms with van der Waals surface area (Å²) in [6.07, 6.45) is 8.73. The fourth-order valence-electron chi connectivity index (χ4n) is 2.67. The van der Waals surface area contributed by atoms with Gasteiger partial charge in [-0.05, 0) is 29.7 Å². The molecule has 0 spiro atoms. The molecular weight excluding hydrogens is 232 g/mol. The van der Waals surface area contributed by atoms with Gasteiger partial charge in [-0.25, -0.2) is 0 Å². The molecule has 102 valence electrons. The van der Waals surface area contributed by atoms with Crippen LogP contribution < -0.4 is 0 Å². The van der Waals surface area contributed by atoms with Gasteiger partial charge in [0.25, 0.3) is 0 Å². The number of aryl methyl sites for hydroxylation is 1. The number of benzene rings is 2. The van der Waals surface area contributed by atoms with Crippen LogP contribution in [-0.4, -0.2) is 5.11 Å². The fraction of sp³-hybridized carbons (Fsp3) is 0.444. The molecule has 2 aromatic carbocycles. The first-order valence-electron chi connectivity index (χ1n) is 7.52. The van der Waals surface area contributed by atoms with E-state index in [1.54, 1.807) is 0 Å². The van der Waals surface area contributed by atoms with Gasteiger partial charge in [0.05, 0.1) is 0 Å². The molecule has 0 aliphatic heterocycles. The van der Waals surface area contributed by atoms with E-state index in [0.29, 0.717) is 5.75 Å². The van der Waals surface area contributed by atoms with Gasteiger partial charge >= 0.3 is 0 Å². The van der Waals surface area contributed by atoms with Crippen molar-refractivity contribution in [1.29, 1.82) is 0 Å². The molecule has 0 aromatic heterocycles. The first kappa shape index (κ1) is 13.9. The molecule has 2 aromatic rings. The first-order valence-corrected chi connectivity index (χ1v) is 7.52. The van der Waals surface area contributed by atoms with Crippen molar-refractivity contribution in [3.63, 3.8) is 0 Å². The predicted molar refractivity (Wildman–Crippen MR) is 82.7 cm³/mol. The van der Waals surface area contributed by atoms with Crippen molar-refractivity contribution in [2.75, 3.05) is 0 Å². The second-order valence-electron chi connectivity index (χ2n) is 5.30. The van der Waals surface area contributed by atoms with E-state index in [2.05, 4.69) is 19.1 Å². The smallest absolute Gasteiger partial charge is 0.119 e. The van der Waals surface area contributed by atoms with Gasteiger partial charge in [-0.15, -0.1) is 0 Å². The van der Waals surface area contributed by atoms with Crippen molar-refractivity contribution in [2.45, 2.75) is 51.9 Å². The summed E-state index contributed by atoms with van der Waals surface area (Å²) in [7, 11) is 0. The maximum Gasteiger partial charge on any atom is 0.119 e. The van der Waals surface area contributed by atoms with Crippen molar-refractivity contribution < 1.29 is 5.11 Å². The van der Waals surface area contributed by atoms with Crippen molar-refractivity contribution in [2.24, 2.45) is 0 Å². The number of hydrogen-bond acceptors (Lipinski definition) is 1. The van der Waals surface area contributed by atoms with Gasteiger partial charge in [0.2, 0.25) is 0 Å². The first-order chi connectivity index (χ1) is 9.33. The minimum atomic E-state index is 0.451. The molecule has 0 amide bonds. The fourth-order valence-corrected chi connectivity index (χ4v) is 2.67. The highest BCUT2D eigenvalue weighted by Crippen LogP contribution is 2.28. The summed E-state index contributed by atoms with van der Waals surface area (Å²) < 4.78 is 0.